The number of aryl methyl sites for hydroxylation is 1. The van der Waals surface area contributed by atoms with Crippen molar-refractivity contribution in [3.05, 3.63) is 82.1 Å². The van der Waals surface area contributed by atoms with Crippen molar-refractivity contribution in [2.75, 3.05) is 39.9 Å². The molecule has 10 nitrogen and oxygen atoms in total. The van der Waals surface area contributed by atoms with E-state index in [0.717, 1.165) is 27.0 Å². The largest absolute Gasteiger partial charge is 0.493 e. The van der Waals surface area contributed by atoms with Gasteiger partial charge in [-0.2, -0.15) is 0 Å². The van der Waals surface area contributed by atoms with Crippen LogP contribution in [0.2, 0.25) is 0 Å². The SMILES string of the molecule is COc1ccc2cc1OCCCN(C(=O)c1cc3ccccc3cn1)CC(=O)N[C@H]1CN(C(=O)Cc3csc(C)n3)C[C@H]21. The van der Waals surface area contributed by atoms with E-state index in [1.165, 1.54) is 16.2 Å². The molecule has 1 fully saturated rings. The molecule has 2 atom stereocenters. The topological polar surface area (TPSA) is 114 Å². The summed E-state index contributed by atoms with van der Waals surface area (Å²) in [5.74, 6) is 0.343. The number of methoxy groups -OCH3 is 1. The maximum absolute atomic E-state index is 13.6. The van der Waals surface area contributed by atoms with Crippen LogP contribution >= 0.6 is 11.3 Å². The molecule has 11 heteroatoms. The van der Waals surface area contributed by atoms with Crippen LogP contribution < -0.4 is 14.8 Å². The molecule has 1 saturated heterocycles. The first-order chi connectivity index (χ1) is 20.9. The van der Waals surface area contributed by atoms with Crippen LogP contribution in [0.5, 0.6) is 11.5 Å². The lowest BCUT2D eigenvalue weighted by atomic mass is 9.94. The quantitative estimate of drug-likeness (QED) is 0.382. The number of fused-ring (bicyclic) bond motifs is 5. The summed E-state index contributed by atoms with van der Waals surface area (Å²) in [7, 11) is 1.59. The van der Waals surface area contributed by atoms with Crippen LogP contribution in [-0.2, 0) is 16.0 Å². The molecule has 0 aliphatic carbocycles. The Kier molecular flexibility index (Phi) is 8.24. The number of ether oxygens (including phenoxy) is 2. The Labute approximate surface area is 253 Å². The number of thiazole rings is 1. The van der Waals surface area contributed by atoms with Gasteiger partial charge in [0, 0.05) is 42.5 Å². The fraction of sp³-hybridized carbons (Fsp3) is 0.344. The van der Waals surface area contributed by atoms with E-state index in [1.807, 2.05) is 54.8 Å². The fourth-order valence-corrected chi connectivity index (χ4v) is 6.38. The second kappa shape index (κ2) is 12.4. The second-order valence-corrected chi connectivity index (χ2v) is 11.9. The maximum Gasteiger partial charge on any atom is 0.272 e. The lowest BCUT2D eigenvalue weighted by molar-refractivity contribution is -0.130. The highest BCUT2D eigenvalue weighted by molar-refractivity contribution is 7.09. The summed E-state index contributed by atoms with van der Waals surface area (Å²) >= 11 is 1.52. The minimum absolute atomic E-state index is 0.0441. The summed E-state index contributed by atoms with van der Waals surface area (Å²) in [6.07, 6.45) is 2.38. The Morgan fingerprint density at radius 2 is 1.95 bits per heavy atom. The van der Waals surface area contributed by atoms with Gasteiger partial charge in [-0.3, -0.25) is 19.4 Å². The van der Waals surface area contributed by atoms with Crippen LogP contribution in [0.25, 0.3) is 10.8 Å². The van der Waals surface area contributed by atoms with Crippen LogP contribution in [0.15, 0.2) is 60.1 Å². The van der Waals surface area contributed by atoms with Gasteiger partial charge in [-0.15, -0.1) is 11.3 Å². The molecular weight excluding hydrogens is 566 g/mol. The number of nitrogens with zero attached hydrogens (tertiary/aromatic N) is 4. The minimum atomic E-state index is -0.355. The lowest BCUT2D eigenvalue weighted by Crippen LogP contribution is -2.47. The Morgan fingerprint density at radius 3 is 2.74 bits per heavy atom. The average molecular weight is 600 g/mol. The van der Waals surface area contributed by atoms with E-state index in [1.54, 1.807) is 24.3 Å². The summed E-state index contributed by atoms with van der Waals surface area (Å²) in [5, 5.41) is 7.79. The van der Waals surface area contributed by atoms with E-state index < -0.39 is 0 Å². The molecule has 3 amide bonds. The molecule has 0 unspecified atom stereocenters. The van der Waals surface area contributed by atoms with Crippen LogP contribution in [0.1, 0.15) is 39.1 Å². The van der Waals surface area contributed by atoms with Gasteiger partial charge in [-0.05, 0) is 42.5 Å². The van der Waals surface area contributed by atoms with Gasteiger partial charge in [0.1, 0.15) is 5.69 Å². The summed E-state index contributed by atoms with van der Waals surface area (Å²) < 4.78 is 11.7. The van der Waals surface area contributed by atoms with E-state index in [0.29, 0.717) is 44.2 Å². The lowest BCUT2D eigenvalue weighted by Gasteiger charge is -2.24. The van der Waals surface area contributed by atoms with Gasteiger partial charge in [0.25, 0.3) is 5.91 Å². The van der Waals surface area contributed by atoms with Crippen molar-refractivity contribution >= 4 is 39.8 Å². The Balaban J connectivity index is 1.26. The Morgan fingerprint density at radius 1 is 1.12 bits per heavy atom. The number of nitrogens with one attached hydrogen (secondary N) is 1. The smallest absolute Gasteiger partial charge is 0.272 e. The minimum Gasteiger partial charge on any atom is -0.493 e. The monoisotopic (exact) mass is 599 g/mol. The molecule has 0 radical (unpaired) electrons. The number of aromatic nitrogens is 2. The maximum atomic E-state index is 13.6. The number of benzene rings is 2. The van der Waals surface area contributed by atoms with Crippen molar-refractivity contribution in [3.8, 4) is 11.5 Å². The molecule has 222 valence electrons. The Hall–Kier alpha value is -4.51. The van der Waals surface area contributed by atoms with Crippen molar-refractivity contribution in [2.24, 2.45) is 0 Å². The van der Waals surface area contributed by atoms with Crippen LogP contribution in [0.3, 0.4) is 0 Å². The number of pyridine rings is 1. The van der Waals surface area contributed by atoms with Crippen LogP contribution in [0, 0.1) is 6.92 Å². The van der Waals surface area contributed by atoms with Crippen molar-refractivity contribution in [3.63, 3.8) is 0 Å². The first kappa shape index (κ1) is 28.6. The number of amides is 3. The highest BCUT2D eigenvalue weighted by Gasteiger charge is 2.38. The van der Waals surface area contributed by atoms with E-state index in [-0.39, 0.29) is 48.3 Å². The van der Waals surface area contributed by atoms with Crippen molar-refractivity contribution < 1.29 is 23.9 Å². The molecule has 1 N–H and O–H groups in total. The standard InChI is InChI=1S/C32H33N5O5S/c1-20-34-24(19-43-20)14-31(39)37-16-25-22-8-9-28(41-2)29(13-22)42-11-5-10-36(18-30(38)35-27(25)17-37)32(40)26-12-21-6-3-4-7-23(21)15-33-26/h3-4,6-9,12-13,15,19,25,27H,5,10-11,14,16-18H2,1-2H3,(H,35,38)/t25-,27+/m1/s1. The van der Waals surface area contributed by atoms with Gasteiger partial charge in [0.15, 0.2) is 11.5 Å². The number of hydrogen-bond acceptors (Lipinski definition) is 8. The van der Waals surface area contributed by atoms with Gasteiger partial charge >= 0.3 is 0 Å². The number of hydrogen-bond donors (Lipinski definition) is 1. The van der Waals surface area contributed by atoms with E-state index in [2.05, 4.69) is 15.3 Å². The van der Waals surface area contributed by atoms with E-state index in [4.69, 9.17) is 9.47 Å². The molecular formula is C32H33N5O5S. The number of likely N-dealkylation sites (tertiary alicyclic amines) is 1. The summed E-state index contributed by atoms with van der Waals surface area (Å²) in [5.41, 5.74) is 1.96. The number of carbonyl (C=O) groups excluding carboxylic acids is 3. The zero-order valence-corrected chi connectivity index (χ0v) is 24.9. The third-order valence-electron chi connectivity index (χ3n) is 7.94. The third kappa shape index (κ3) is 6.31. The number of rotatable bonds is 4. The molecule has 4 heterocycles. The molecule has 2 bridgehead atoms. The summed E-state index contributed by atoms with van der Waals surface area (Å²) in [6, 6.07) is 14.8. The van der Waals surface area contributed by atoms with E-state index >= 15 is 0 Å². The molecule has 43 heavy (non-hydrogen) atoms. The normalized spacial score (nSPS) is 19.0. The average Bonchev–Trinajstić information content (AvgIpc) is 3.63. The van der Waals surface area contributed by atoms with Crippen LogP contribution in [-0.4, -0.2) is 83.4 Å². The van der Waals surface area contributed by atoms with Gasteiger partial charge < -0.3 is 24.6 Å². The molecule has 6 rings (SSSR count). The molecule has 4 aromatic rings. The molecule has 2 aromatic carbocycles. The van der Waals surface area contributed by atoms with Crippen LogP contribution in [0.4, 0.5) is 0 Å². The summed E-state index contributed by atoms with van der Waals surface area (Å²) in [4.78, 5) is 52.6. The molecule has 2 aliphatic rings. The number of carbonyl (C=O) groups is 3. The van der Waals surface area contributed by atoms with Gasteiger partial charge in [-0.25, -0.2) is 4.98 Å². The Bertz CT molecular complexity index is 1670. The zero-order valence-electron chi connectivity index (χ0n) is 24.1. The van der Waals surface area contributed by atoms with Gasteiger partial charge in [0.2, 0.25) is 11.8 Å². The second-order valence-electron chi connectivity index (χ2n) is 10.9. The van der Waals surface area contributed by atoms with Gasteiger partial charge in [-0.1, -0.05) is 30.3 Å². The molecule has 2 aliphatic heterocycles. The predicted molar refractivity (Wildman–Crippen MR) is 163 cm³/mol. The summed E-state index contributed by atoms with van der Waals surface area (Å²) in [6.45, 7) is 3.18. The molecule has 0 saturated carbocycles. The molecule has 0 spiro atoms. The highest BCUT2D eigenvalue weighted by Crippen LogP contribution is 2.35. The molecule has 2 aromatic heterocycles. The third-order valence-corrected chi connectivity index (χ3v) is 8.76. The van der Waals surface area contributed by atoms with Gasteiger partial charge in [0.05, 0.1) is 43.4 Å². The zero-order chi connectivity index (χ0) is 29.9. The first-order valence-electron chi connectivity index (χ1n) is 14.3. The highest BCUT2D eigenvalue weighted by atomic mass is 32.1. The van der Waals surface area contributed by atoms with E-state index in [9.17, 15) is 14.4 Å². The predicted octanol–water partition coefficient (Wildman–Crippen LogP) is 3.59. The van der Waals surface area contributed by atoms with Crippen molar-refractivity contribution in [1.82, 2.24) is 25.1 Å². The first-order valence-corrected chi connectivity index (χ1v) is 15.2. The van der Waals surface area contributed by atoms with Crippen molar-refractivity contribution in [1.29, 1.82) is 0 Å². The van der Waals surface area contributed by atoms with Crippen molar-refractivity contribution in [2.45, 2.75) is 31.7 Å². The fourth-order valence-electron chi connectivity index (χ4n) is 5.76.